The lowest BCUT2D eigenvalue weighted by molar-refractivity contribution is -0.136. The molecule has 212 valence electrons. The summed E-state index contributed by atoms with van der Waals surface area (Å²) < 4.78 is 43.3. The molecular formula is C25H41BN4O7S. The fourth-order valence-electron chi connectivity index (χ4n) is 4.36. The number of sulfone groups is 1. The highest BCUT2D eigenvalue weighted by molar-refractivity contribution is 7.91. The summed E-state index contributed by atoms with van der Waals surface area (Å²) in [6.07, 6.45) is 4.80. The number of hydrogen-bond acceptors (Lipinski definition) is 9. The van der Waals surface area contributed by atoms with Gasteiger partial charge in [0.15, 0.2) is 0 Å². The molecule has 38 heavy (non-hydrogen) atoms. The molecule has 0 bridgehead atoms. The third-order valence-electron chi connectivity index (χ3n) is 7.19. The van der Waals surface area contributed by atoms with E-state index in [-0.39, 0.29) is 29.3 Å². The van der Waals surface area contributed by atoms with Crippen molar-refractivity contribution in [3.63, 3.8) is 0 Å². The average molecular weight is 553 g/mol. The lowest BCUT2D eigenvalue weighted by Gasteiger charge is -2.37. The maximum atomic E-state index is 13.1. The van der Waals surface area contributed by atoms with Gasteiger partial charge in [0.05, 0.1) is 17.0 Å². The van der Waals surface area contributed by atoms with Gasteiger partial charge in [0, 0.05) is 30.4 Å². The van der Waals surface area contributed by atoms with Crippen molar-refractivity contribution in [2.24, 2.45) is 0 Å². The number of amides is 2. The summed E-state index contributed by atoms with van der Waals surface area (Å²) >= 11 is 0. The number of nitrogens with zero attached hydrogens (tertiary/aromatic N) is 3. The molecule has 11 nitrogen and oxygen atoms in total. The Kier molecular flexibility index (Phi) is 8.84. The number of nitrogens with one attached hydrogen (secondary N) is 1. The van der Waals surface area contributed by atoms with Crippen molar-refractivity contribution in [3.05, 3.63) is 12.4 Å². The van der Waals surface area contributed by atoms with Crippen LogP contribution >= 0.6 is 0 Å². The lowest BCUT2D eigenvalue weighted by Crippen LogP contribution is -2.53. The van der Waals surface area contributed by atoms with Crippen LogP contribution in [0.2, 0.25) is 0 Å². The van der Waals surface area contributed by atoms with Crippen LogP contribution in [0.5, 0.6) is 0 Å². The number of rotatable bonds is 7. The average Bonchev–Trinajstić information content (AvgIpc) is 3.03. The Morgan fingerprint density at radius 2 is 1.74 bits per heavy atom. The van der Waals surface area contributed by atoms with Crippen LogP contribution in [0.1, 0.15) is 81.1 Å². The Bertz CT molecular complexity index is 1100. The van der Waals surface area contributed by atoms with Gasteiger partial charge in [0.2, 0.25) is 20.9 Å². The van der Waals surface area contributed by atoms with E-state index in [0.29, 0.717) is 18.4 Å². The second kappa shape index (κ2) is 11.1. The maximum Gasteiger partial charge on any atom is 0.498 e. The Balaban J connectivity index is 1.62. The minimum absolute atomic E-state index is 0.203. The first-order valence-corrected chi connectivity index (χ1v) is 14.8. The molecule has 2 saturated heterocycles. The molecule has 1 N–H and O–H groups in total. The SMILES string of the molecule is CC(NC(=O)OC(C)(C)C)C(=O)N1CCCCC1CCS(=O)(=O)c1ncc(B2OC(C)(C)C(C)(C)O2)cn1. The number of carbonyl (C=O) groups is 2. The van der Waals surface area contributed by atoms with E-state index in [0.717, 1.165) is 12.8 Å². The van der Waals surface area contributed by atoms with E-state index in [1.807, 2.05) is 27.7 Å². The molecule has 0 saturated carbocycles. The highest BCUT2D eigenvalue weighted by Crippen LogP contribution is 2.36. The standard InChI is InChI=1S/C25H41BN4O7S/c1-17(29-22(32)35-23(2,3)4)20(31)30-13-10-9-11-19(30)12-14-38(33,34)21-27-15-18(16-28-21)26-36-24(5,6)25(7,8)37-26/h15-17,19H,9-14H2,1-8H3,(H,29,32). The molecule has 2 fully saturated rings. The van der Waals surface area contributed by atoms with Gasteiger partial charge < -0.3 is 24.3 Å². The first-order valence-electron chi connectivity index (χ1n) is 13.1. The van der Waals surface area contributed by atoms with Crippen LogP contribution in [0.15, 0.2) is 17.6 Å². The van der Waals surface area contributed by atoms with Crippen molar-refractivity contribution in [2.75, 3.05) is 12.3 Å². The van der Waals surface area contributed by atoms with Gasteiger partial charge in [-0.1, -0.05) is 0 Å². The Hall–Kier alpha value is -2.25. The van der Waals surface area contributed by atoms with Crippen molar-refractivity contribution in [1.82, 2.24) is 20.2 Å². The second-order valence-corrected chi connectivity index (χ2v) is 14.0. The smallest absolute Gasteiger partial charge is 0.444 e. The predicted molar refractivity (Wildman–Crippen MR) is 143 cm³/mol. The molecule has 2 aliphatic heterocycles. The number of hydrogen-bond donors (Lipinski definition) is 1. The summed E-state index contributed by atoms with van der Waals surface area (Å²) in [6, 6.07) is -1.06. The number of carbonyl (C=O) groups excluding carboxylic acids is 2. The summed E-state index contributed by atoms with van der Waals surface area (Å²) in [4.78, 5) is 35.1. The molecule has 2 atom stereocenters. The van der Waals surface area contributed by atoms with Crippen LogP contribution in [-0.2, 0) is 28.7 Å². The molecule has 1 aromatic rings. The van der Waals surface area contributed by atoms with E-state index in [2.05, 4.69) is 15.3 Å². The molecule has 1 aromatic heterocycles. The zero-order chi connectivity index (χ0) is 28.5. The summed E-state index contributed by atoms with van der Waals surface area (Å²) in [6.45, 7) is 15.1. The summed E-state index contributed by atoms with van der Waals surface area (Å²) in [5.41, 5.74) is -1.21. The predicted octanol–water partition coefficient (Wildman–Crippen LogP) is 2.23. The number of piperidine rings is 1. The first-order chi connectivity index (χ1) is 17.4. The van der Waals surface area contributed by atoms with Gasteiger partial charge in [0.25, 0.3) is 0 Å². The van der Waals surface area contributed by atoms with Gasteiger partial charge in [-0.25, -0.2) is 23.2 Å². The molecule has 3 rings (SSSR count). The molecule has 2 aliphatic rings. The maximum absolute atomic E-state index is 13.1. The third kappa shape index (κ3) is 7.23. The van der Waals surface area contributed by atoms with E-state index in [4.69, 9.17) is 14.0 Å². The minimum Gasteiger partial charge on any atom is -0.444 e. The van der Waals surface area contributed by atoms with E-state index < -0.39 is 45.9 Å². The first kappa shape index (κ1) is 30.3. The Morgan fingerprint density at radius 1 is 1.16 bits per heavy atom. The highest BCUT2D eigenvalue weighted by Gasteiger charge is 2.52. The van der Waals surface area contributed by atoms with Gasteiger partial charge in [-0.05, 0) is 81.1 Å². The van der Waals surface area contributed by atoms with Crippen LogP contribution in [0.25, 0.3) is 0 Å². The lowest BCUT2D eigenvalue weighted by atomic mass is 9.81. The Labute approximate surface area is 226 Å². The normalized spacial score (nSPS) is 22.2. The van der Waals surface area contributed by atoms with Gasteiger partial charge in [0.1, 0.15) is 11.6 Å². The van der Waals surface area contributed by atoms with Crippen molar-refractivity contribution in [1.29, 1.82) is 0 Å². The van der Waals surface area contributed by atoms with Crippen LogP contribution in [0.4, 0.5) is 4.79 Å². The molecule has 0 spiro atoms. The fraction of sp³-hybridized carbons (Fsp3) is 0.760. The zero-order valence-corrected chi connectivity index (χ0v) is 24.6. The second-order valence-electron chi connectivity index (χ2n) is 12.0. The number of ether oxygens (including phenoxy) is 1. The van der Waals surface area contributed by atoms with E-state index >= 15 is 0 Å². The van der Waals surface area contributed by atoms with Crippen LogP contribution in [0.3, 0.4) is 0 Å². The molecule has 0 radical (unpaired) electrons. The molecule has 2 unspecified atom stereocenters. The summed E-state index contributed by atoms with van der Waals surface area (Å²) in [5.74, 6) is -0.466. The topological polar surface area (TPSA) is 137 Å². The van der Waals surface area contributed by atoms with Crippen LogP contribution in [-0.4, -0.2) is 83.6 Å². The van der Waals surface area contributed by atoms with Crippen LogP contribution < -0.4 is 10.8 Å². The van der Waals surface area contributed by atoms with Gasteiger partial charge >= 0.3 is 13.2 Å². The van der Waals surface area contributed by atoms with Crippen molar-refractivity contribution >= 4 is 34.4 Å². The van der Waals surface area contributed by atoms with E-state index in [1.165, 1.54) is 12.4 Å². The highest BCUT2D eigenvalue weighted by atomic mass is 32.2. The quantitative estimate of drug-likeness (QED) is 0.399. The number of alkyl carbamates (subject to hydrolysis) is 1. The zero-order valence-electron chi connectivity index (χ0n) is 23.7. The molecular weight excluding hydrogens is 511 g/mol. The Morgan fingerprint density at radius 3 is 2.29 bits per heavy atom. The summed E-state index contributed by atoms with van der Waals surface area (Å²) in [5, 5.41) is 2.31. The summed E-state index contributed by atoms with van der Waals surface area (Å²) in [7, 11) is -4.47. The van der Waals surface area contributed by atoms with Crippen molar-refractivity contribution < 1.29 is 32.1 Å². The third-order valence-corrected chi connectivity index (χ3v) is 8.73. The van der Waals surface area contributed by atoms with Crippen LogP contribution in [0, 0.1) is 0 Å². The largest absolute Gasteiger partial charge is 0.498 e. The molecule has 13 heteroatoms. The van der Waals surface area contributed by atoms with Gasteiger partial charge in [-0.15, -0.1) is 0 Å². The minimum atomic E-state index is -3.79. The number of aromatic nitrogens is 2. The number of likely N-dealkylation sites (tertiary alicyclic amines) is 1. The molecule has 3 heterocycles. The fourth-order valence-corrected chi connectivity index (χ4v) is 5.55. The molecule has 0 aromatic carbocycles. The molecule has 0 aliphatic carbocycles. The monoisotopic (exact) mass is 552 g/mol. The van der Waals surface area contributed by atoms with Crippen molar-refractivity contribution in [3.8, 4) is 0 Å². The van der Waals surface area contributed by atoms with Crippen molar-refractivity contribution in [2.45, 2.75) is 115 Å². The van der Waals surface area contributed by atoms with E-state index in [9.17, 15) is 18.0 Å². The van der Waals surface area contributed by atoms with Gasteiger partial charge in [-0.2, -0.15) is 0 Å². The van der Waals surface area contributed by atoms with E-state index in [1.54, 1.807) is 32.6 Å². The van der Waals surface area contributed by atoms with Gasteiger partial charge in [-0.3, -0.25) is 4.79 Å². The molecule has 2 amide bonds.